The van der Waals surface area contributed by atoms with Crippen LogP contribution in [0, 0.1) is 5.92 Å². The fourth-order valence-electron chi connectivity index (χ4n) is 6.22. The zero-order valence-corrected chi connectivity index (χ0v) is 25.4. The Balaban J connectivity index is 1.53. The summed E-state index contributed by atoms with van der Waals surface area (Å²) in [7, 11) is -3.88. The van der Waals surface area contributed by atoms with Crippen molar-refractivity contribution >= 4 is 33.8 Å². The predicted octanol–water partition coefficient (Wildman–Crippen LogP) is 3.04. The number of carbonyl (C=O) groups excluding carboxylic acids is 4. The highest BCUT2D eigenvalue weighted by Crippen LogP contribution is 2.46. The van der Waals surface area contributed by atoms with Crippen LogP contribution in [0.4, 0.5) is 4.79 Å². The van der Waals surface area contributed by atoms with Crippen molar-refractivity contribution in [1.82, 2.24) is 20.3 Å². The molecule has 0 aromatic carbocycles. The molecule has 0 aromatic heterocycles. The minimum absolute atomic E-state index is 0.296. The number of carbonyl (C=O) groups is 4. The first-order valence-electron chi connectivity index (χ1n) is 15.2. The lowest BCUT2D eigenvalue weighted by molar-refractivity contribution is -0.141. The summed E-state index contributed by atoms with van der Waals surface area (Å²) in [6.45, 7) is 5.59. The maximum Gasteiger partial charge on any atom is 0.408 e. The standard InChI is InChI=1S/C29H46N4O7S/c1-28(2,3)40-27(37)30-22-16-11-6-4-5-8-13-20-19-29(20,31-24(34)23-17-12-18-33(23)25(22)35)26(36)32-41(38,39)21-14-9-7-10-15-21/h8,13,20-23H,4-7,9-12,14-19H2,1-3H3,(H,30,37)(H,31,34)(H,32,36)/b13-8-/t20-,22+,23?,29-/m1/s1. The average molecular weight is 595 g/mol. The van der Waals surface area contributed by atoms with E-state index in [2.05, 4.69) is 15.4 Å². The highest BCUT2D eigenvalue weighted by molar-refractivity contribution is 7.90. The summed E-state index contributed by atoms with van der Waals surface area (Å²) in [5.41, 5.74) is -2.10. The van der Waals surface area contributed by atoms with Crippen LogP contribution in [0.25, 0.3) is 0 Å². The Bertz CT molecular complexity index is 1140. The van der Waals surface area contributed by atoms with Crippen LogP contribution >= 0.6 is 0 Å². The molecule has 2 aliphatic heterocycles. The van der Waals surface area contributed by atoms with E-state index in [0.717, 1.165) is 38.5 Å². The number of sulfonamides is 1. The van der Waals surface area contributed by atoms with E-state index in [9.17, 15) is 27.6 Å². The molecule has 11 nitrogen and oxygen atoms in total. The van der Waals surface area contributed by atoms with Gasteiger partial charge in [-0.15, -0.1) is 0 Å². The smallest absolute Gasteiger partial charge is 0.408 e. The van der Waals surface area contributed by atoms with E-state index >= 15 is 0 Å². The van der Waals surface area contributed by atoms with Crippen LogP contribution in [0.1, 0.15) is 104 Å². The Kier molecular flexibility index (Phi) is 9.70. The van der Waals surface area contributed by atoms with Crippen LogP contribution < -0.4 is 15.4 Å². The van der Waals surface area contributed by atoms with Crippen molar-refractivity contribution in [2.24, 2.45) is 5.92 Å². The molecule has 4 amide bonds. The molecule has 4 atom stereocenters. The summed E-state index contributed by atoms with van der Waals surface area (Å²) in [6, 6.07) is -1.66. The second kappa shape index (κ2) is 12.7. The molecule has 4 rings (SSSR count). The molecule has 1 unspecified atom stereocenters. The molecule has 0 aromatic rings. The summed E-state index contributed by atoms with van der Waals surface area (Å²) in [5, 5.41) is 4.97. The number of nitrogens with zero attached hydrogens (tertiary/aromatic N) is 1. The molecule has 2 aliphatic carbocycles. The summed E-state index contributed by atoms with van der Waals surface area (Å²) in [6.07, 6.45) is 11.7. The van der Waals surface area contributed by atoms with Gasteiger partial charge in [0, 0.05) is 12.5 Å². The molecular formula is C29H46N4O7S. The van der Waals surface area contributed by atoms with Gasteiger partial charge in [-0.3, -0.25) is 19.1 Å². The van der Waals surface area contributed by atoms with E-state index in [1.165, 1.54) is 4.90 Å². The van der Waals surface area contributed by atoms with Crippen molar-refractivity contribution in [2.45, 2.75) is 133 Å². The number of hydrogen-bond donors (Lipinski definition) is 3. The molecule has 0 spiro atoms. The van der Waals surface area contributed by atoms with Crippen molar-refractivity contribution in [2.75, 3.05) is 6.54 Å². The Labute approximate surface area is 243 Å². The molecule has 4 aliphatic rings. The number of allylic oxidation sites excluding steroid dienone is 1. The molecule has 3 N–H and O–H groups in total. The van der Waals surface area contributed by atoms with Gasteiger partial charge in [0.05, 0.1) is 5.25 Å². The second-order valence-electron chi connectivity index (χ2n) is 13.0. The van der Waals surface area contributed by atoms with Crippen LogP contribution in [0.3, 0.4) is 0 Å². The Morgan fingerprint density at radius 1 is 1.00 bits per heavy atom. The number of hydrogen-bond acceptors (Lipinski definition) is 7. The van der Waals surface area contributed by atoms with Gasteiger partial charge in [0.25, 0.3) is 5.91 Å². The van der Waals surface area contributed by atoms with Gasteiger partial charge in [0.1, 0.15) is 23.2 Å². The van der Waals surface area contributed by atoms with Gasteiger partial charge in [-0.2, -0.15) is 0 Å². The predicted molar refractivity (Wildman–Crippen MR) is 153 cm³/mol. The van der Waals surface area contributed by atoms with Crippen LogP contribution in [-0.2, 0) is 29.1 Å². The highest BCUT2D eigenvalue weighted by atomic mass is 32.2. The summed E-state index contributed by atoms with van der Waals surface area (Å²) >= 11 is 0. The van der Waals surface area contributed by atoms with Crippen molar-refractivity contribution in [3.63, 3.8) is 0 Å². The molecule has 2 saturated carbocycles. The highest BCUT2D eigenvalue weighted by Gasteiger charge is 2.61. The molecule has 41 heavy (non-hydrogen) atoms. The van der Waals surface area contributed by atoms with E-state index in [4.69, 9.17) is 4.74 Å². The summed E-state index contributed by atoms with van der Waals surface area (Å²) < 4.78 is 33.8. The third-order valence-corrected chi connectivity index (χ3v) is 10.4. The molecule has 230 valence electrons. The average Bonchev–Trinajstić information content (AvgIpc) is 3.36. The molecule has 12 heteroatoms. The molecule has 0 bridgehead atoms. The minimum atomic E-state index is -3.88. The SMILES string of the molecule is CC(C)(C)OC(=O)N[C@H]1CCCCC/C=C\[C@@H]2C[C@@]2(C(=O)NS(=O)(=O)C2CCCCC2)NC(=O)C2CCCN2C1=O. The van der Waals surface area contributed by atoms with Crippen LogP contribution in [-0.4, -0.2) is 72.2 Å². The molecule has 0 radical (unpaired) electrons. The van der Waals surface area contributed by atoms with Gasteiger partial charge >= 0.3 is 6.09 Å². The first kappa shape index (κ1) is 31.3. The third-order valence-electron chi connectivity index (χ3n) is 8.55. The lowest BCUT2D eigenvalue weighted by Gasteiger charge is -2.31. The second-order valence-corrected chi connectivity index (χ2v) is 14.9. The van der Waals surface area contributed by atoms with Crippen molar-refractivity contribution in [3.05, 3.63) is 12.2 Å². The lowest BCUT2D eigenvalue weighted by Crippen LogP contribution is -2.58. The van der Waals surface area contributed by atoms with Crippen molar-refractivity contribution in [3.8, 4) is 0 Å². The summed E-state index contributed by atoms with van der Waals surface area (Å²) in [4.78, 5) is 54.9. The van der Waals surface area contributed by atoms with E-state index in [1.54, 1.807) is 20.8 Å². The van der Waals surface area contributed by atoms with E-state index in [1.807, 2.05) is 12.2 Å². The zero-order chi connectivity index (χ0) is 29.8. The lowest BCUT2D eigenvalue weighted by atomic mass is 10.0. The van der Waals surface area contributed by atoms with Gasteiger partial charge in [-0.25, -0.2) is 13.2 Å². The van der Waals surface area contributed by atoms with Gasteiger partial charge in [0.2, 0.25) is 21.8 Å². The number of amides is 4. The topological polar surface area (TPSA) is 151 Å². The Hall–Kier alpha value is -2.63. The summed E-state index contributed by atoms with van der Waals surface area (Å²) in [5.74, 6) is -1.88. The third kappa shape index (κ3) is 7.81. The number of rotatable bonds is 4. The maximum absolute atomic E-state index is 13.7. The Morgan fingerprint density at radius 2 is 1.68 bits per heavy atom. The monoisotopic (exact) mass is 594 g/mol. The maximum atomic E-state index is 13.7. The van der Waals surface area contributed by atoms with Crippen molar-refractivity contribution < 1.29 is 32.3 Å². The number of ether oxygens (including phenoxy) is 1. The van der Waals surface area contributed by atoms with Gasteiger partial charge in [-0.1, -0.05) is 44.3 Å². The normalized spacial score (nSPS) is 31.0. The largest absolute Gasteiger partial charge is 0.444 e. The number of nitrogens with one attached hydrogen (secondary N) is 3. The number of alkyl carbamates (subject to hydrolysis) is 1. The first-order chi connectivity index (χ1) is 19.3. The van der Waals surface area contributed by atoms with Crippen LogP contribution in [0.2, 0.25) is 0 Å². The fraction of sp³-hybridized carbons (Fsp3) is 0.793. The van der Waals surface area contributed by atoms with E-state index in [-0.39, 0.29) is 11.8 Å². The molecule has 2 heterocycles. The van der Waals surface area contributed by atoms with Crippen molar-refractivity contribution in [1.29, 1.82) is 0 Å². The molecular weight excluding hydrogens is 548 g/mol. The van der Waals surface area contributed by atoms with Gasteiger partial charge in [-0.05, 0) is 72.1 Å². The Morgan fingerprint density at radius 3 is 2.39 bits per heavy atom. The van der Waals surface area contributed by atoms with Gasteiger partial charge in [0.15, 0.2) is 0 Å². The van der Waals surface area contributed by atoms with E-state index < -0.39 is 56.4 Å². The van der Waals surface area contributed by atoms with Crippen LogP contribution in [0.15, 0.2) is 12.2 Å². The van der Waals surface area contributed by atoms with E-state index in [0.29, 0.717) is 51.5 Å². The fourth-order valence-corrected chi connectivity index (χ4v) is 7.78. The van der Waals surface area contributed by atoms with Crippen LogP contribution in [0.5, 0.6) is 0 Å². The minimum Gasteiger partial charge on any atom is -0.444 e. The molecule has 3 fully saturated rings. The first-order valence-corrected chi connectivity index (χ1v) is 16.7. The van der Waals surface area contributed by atoms with Gasteiger partial charge < -0.3 is 20.3 Å². The quantitative estimate of drug-likeness (QED) is 0.423. The number of fused-ring (bicyclic) bond motifs is 2. The zero-order valence-electron chi connectivity index (χ0n) is 24.6. The molecule has 1 saturated heterocycles.